The van der Waals surface area contributed by atoms with E-state index in [0.29, 0.717) is 39.5 Å². The van der Waals surface area contributed by atoms with Crippen LogP contribution in [0.25, 0.3) is 0 Å². The standard InChI is InChI=1S/C18H19F3N2O3S/c1-25-12-7-8-13(15(9-12)26-2)23-17(24)10-22-14-5-3-4-6-16(14)27-11-18(19,20)21/h3-9,22H,10-11H2,1-2H3,(H,23,24). The number of alkyl halides is 3. The van der Waals surface area contributed by atoms with E-state index in [1.165, 1.54) is 14.2 Å². The van der Waals surface area contributed by atoms with E-state index in [4.69, 9.17) is 9.47 Å². The maximum absolute atomic E-state index is 12.4. The van der Waals surface area contributed by atoms with Crippen LogP contribution in [-0.4, -0.2) is 38.6 Å². The van der Waals surface area contributed by atoms with E-state index in [2.05, 4.69) is 10.6 Å². The zero-order chi connectivity index (χ0) is 19.9. The SMILES string of the molecule is COc1ccc(NC(=O)CNc2ccccc2SCC(F)(F)F)c(OC)c1. The van der Waals surface area contributed by atoms with Crippen molar-refractivity contribution in [1.29, 1.82) is 0 Å². The maximum atomic E-state index is 12.4. The Balaban J connectivity index is 1.98. The first kappa shape index (κ1) is 20.8. The molecule has 0 saturated carbocycles. The molecule has 0 aromatic heterocycles. The van der Waals surface area contributed by atoms with E-state index >= 15 is 0 Å². The van der Waals surface area contributed by atoms with Crippen LogP contribution in [0.5, 0.6) is 11.5 Å². The molecule has 9 heteroatoms. The molecule has 0 fully saturated rings. The van der Waals surface area contributed by atoms with Gasteiger partial charge >= 0.3 is 6.18 Å². The van der Waals surface area contributed by atoms with Gasteiger partial charge in [-0.25, -0.2) is 0 Å². The normalized spacial score (nSPS) is 11.0. The van der Waals surface area contributed by atoms with Gasteiger partial charge in [-0.05, 0) is 24.3 Å². The zero-order valence-electron chi connectivity index (χ0n) is 14.7. The van der Waals surface area contributed by atoms with Crippen LogP contribution < -0.4 is 20.1 Å². The van der Waals surface area contributed by atoms with Gasteiger partial charge in [0.05, 0.1) is 32.2 Å². The van der Waals surface area contributed by atoms with Gasteiger partial charge in [-0.3, -0.25) is 4.79 Å². The van der Waals surface area contributed by atoms with Gasteiger partial charge in [-0.2, -0.15) is 13.2 Å². The molecule has 0 unspecified atom stereocenters. The van der Waals surface area contributed by atoms with Crippen LogP contribution in [0.2, 0.25) is 0 Å². The number of nitrogens with one attached hydrogen (secondary N) is 2. The monoisotopic (exact) mass is 400 g/mol. The molecule has 0 heterocycles. The summed E-state index contributed by atoms with van der Waals surface area (Å²) in [6.07, 6.45) is -4.26. The average Bonchev–Trinajstić information content (AvgIpc) is 2.65. The number of halogens is 3. The molecule has 27 heavy (non-hydrogen) atoms. The van der Waals surface area contributed by atoms with Crippen LogP contribution in [0.1, 0.15) is 0 Å². The Labute approximate surface area is 159 Å². The number of methoxy groups -OCH3 is 2. The van der Waals surface area contributed by atoms with E-state index in [0.717, 1.165) is 0 Å². The summed E-state index contributed by atoms with van der Waals surface area (Å²) in [5.74, 6) is -0.350. The van der Waals surface area contributed by atoms with Crippen LogP contribution in [0, 0.1) is 0 Å². The summed E-state index contributed by atoms with van der Waals surface area (Å²) < 4.78 is 47.6. The third kappa shape index (κ3) is 6.59. The largest absolute Gasteiger partial charge is 0.497 e. The second-order valence-electron chi connectivity index (χ2n) is 5.37. The molecule has 5 nitrogen and oxygen atoms in total. The fourth-order valence-corrected chi connectivity index (χ4v) is 2.96. The van der Waals surface area contributed by atoms with E-state index in [9.17, 15) is 18.0 Å². The molecule has 2 aromatic rings. The van der Waals surface area contributed by atoms with Gasteiger partial charge in [-0.15, -0.1) is 11.8 Å². The third-order valence-electron chi connectivity index (χ3n) is 3.40. The van der Waals surface area contributed by atoms with Gasteiger partial charge in [0.25, 0.3) is 0 Å². The Morgan fingerprint density at radius 1 is 1.07 bits per heavy atom. The quantitative estimate of drug-likeness (QED) is 0.643. The van der Waals surface area contributed by atoms with Gasteiger partial charge in [0.15, 0.2) is 0 Å². The highest BCUT2D eigenvalue weighted by Gasteiger charge is 2.27. The molecule has 1 amide bonds. The van der Waals surface area contributed by atoms with Crippen molar-refractivity contribution >= 4 is 29.0 Å². The van der Waals surface area contributed by atoms with Crippen molar-refractivity contribution in [3.05, 3.63) is 42.5 Å². The summed E-state index contributed by atoms with van der Waals surface area (Å²) in [5, 5.41) is 5.55. The number of hydrogen-bond donors (Lipinski definition) is 2. The van der Waals surface area contributed by atoms with Crippen LogP contribution in [0.4, 0.5) is 24.5 Å². The number of carbonyl (C=O) groups excluding carboxylic acids is 1. The van der Waals surface area contributed by atoms with Crippen molar-refractivity contribution in [2.45, 2.75) is 11.1 Å². The molecule has 0 saturated heterocycles. The molecule has 0 spiro atoms. The number of anilines is 2. The van der Waals surface area contributed by atoms with Crippen molar-refractivity contribution in [3.63, 3.8) is 0 Å². The lowest BCUT2D eigenvalue weighted by Crippen LogP contribution is -2.22. The Morgan fingerprint density at radius 3 is 2.48 bits per heavy atom. The number of para-hydroxylation sites is 1. The molecule has 0 aliphatic heterocycles. The molecule has 0 aliphatic carbocycles. The molecular weight excluding hydrogens is 381 g/mol. The second kappa shape index (κ2) is 9.40. The minimum atomic E-state index is -4.26. The smallest absolute Gasteiger partial charge is 0.398 e. The zero-order valence-corrected chi connectivity index (χ0v) is 15.5. The molecular formula is C18H19F3N2O3S. The fraction of sp³-hybridized carbons (Fsp3) is 0.278. The number of hydrogen-bond acceptors (Lipinski definition) is 5. The van der Waals surface area contributed by atoms with E-state index in [-0.39, 0.29) is 12.5 Å². The van der Waals surface area contributed by atoms with Crippen molar-refractivity contribution in [2.24, 2.45) is 0 Å². The van der Waals surface area contributed by atoms with Gasteiger partial charge < -0.3 is 20.1 Å². The van der Waals surface area contributed by atoms with Gasteiger partial charge in [0.1, 0.15) is 11.5 Å². The Bertz CT molecular complexity index is 785. The van der Waals surface area contributed by atoms with Crippen LogP contribution in [0.15, 0.2) is 47.4 Å². The molecule has 0 atom stereocenters. The first-order valence-electron chi connectivity index (χ1n) is 7.86. The molecule has 2 rings (SSSR count). The predicted molar refractivity (Wildman–Crippen MR) is 99.9 cm³/mol. The topological polar surface area (TPSA) is 59.6 Å². The average molecular weight is 400 g/mol. The Hall–Kier alpha value is -2.55. The number of thioether (sulfide) groups is 1. The number of ether oxygens (including phenoxy) is 2. The minimum absolute atomic E-state index is 0.112. The molecule has 2 aromatic carbocycles. The number of rotatable bonds is 8. The van der Waals surface area contributed by atoms with Crippen molar-refractivity contribution in [3.8, 4) is 11.5 Å². The second-order valence-corrected chi connectivity index (χ2v) is 6.39. The van der Waals surface area contributed by atoms with Crippen molar-refractivity contribution in [2.75, 3.05) is 37.2 Å². The number of amides is 1. The summed E-state index contributed by atoms with van der Waals surface area (Å²) in [6.45, 7) is -0.112. The highest BCUT2D eigenvalue weighted by molar-refractivity contribution is 7.99. The highest BCUT2D eigenvalue weighted by atomic mass is 32.2. The molecule has 146 valence electrons. The lowest BCUT2D eigenvalue weighted by Gasteiger charge is -2.14. The molecule has 2 N–H and O–H groups in total. The molecule has 0 radical (unpaired) electrons. The summed E-state index contributed by atoms with van der Waals surface area (Å²) in [5.41, 5.74) is 0.924. The van der Waals surface area contributed by atoms with E-state index in [1.807, 2.05) is 0 Å². The Kier molecular flexibility index (Phi) is 7.23. The number of benzene rings is 2. The summed E-state index contributed by atoms with van der Waals surface area (Å²) in [7, 11) is 2.99. The van der Waals surface area contributed by atoms with Crippen LogP contribution in [0.3, 0.4) is 0 Å². The summed E-state index contributed by atoms with van der Waals surface area (Å²) in [6, 6.07) is 11.5. The van der Waals surface area contributed by atoms with E-state index in [1.54, 1.807) is 42.5 Å². The van der Waals surface area contributed by atoms with Crippen molar-refractivity contribution < 1.29 is 27.4 Å². The molecule has 0 aliphatic rings. The van der Waals surface area contributed by atoms with Gasteiger partial charge in [-0.1, -0.05) is 12.1 Å². The summed E-state index contributed by atoms with van der Waals surface area (Å²) in [4.78, 5) is 12.6. The first-order chi connectivity index (χ1) is 12.8. The Morgan fingerprint density at radius 2 is 1.81 bits per heavy atom. The van der Waals surface area contributed by atoms with Gasteiger partial charge in [0, 0.05) is 16.6 Å². The third-order valence-corrected chi connectivity index (χ3v) is 4.54. The maximum Gasteiger partial charge on any atom is 0.398 e. The number of carbonyl (C=O) groups is 1. The fourth-order valence-electron chi connectivity index (χ4n) is 2.17. The lowest BCUT2D eigenvalue weighted by molar-refractivity contribution is -0.114. The van der Waals surface area contributed by atoms with E-state index < -0.39 is 11.9 Å². The molecule has 0 bridgehead atoms. The van der Waals surface area contributed by atoms with Crippen LogP contribution >= 0.6 is 11.8 Å². The minimum Gasteiger partial charge on any atom is -0.497 e. The highest BCUT2D eigenvalue weighted by Crippen LogP contribution is 2.32. The lowest BCUT2D eigenvalue weighted by atomic mass is 10.2. The van der Waals surface area contributed by atoms with Gasteiger partial charge in [0.2, 0.25) is 5.91 Å². The first-order valence-corrected chi connectivity index (χ1v) is 8.85. The van der Waals surface area contributed by atoms with Crippen molar-refractivity contribution in [1.82, 2.24) is 0 Å². The van der Waals surface area contributed by atoms with Crippen LogP contribution in [-0.2, 0) is 4.79 Å². The predicted octanol–water partition coefficient (Wildman–Crippen LogP) is 4.41. The summed E-state index contributed by atoms with van der Waals surface area (Å²) >= 11 is 0.667.